The van der Waals surface area contributed by atoms with Crippen LogP contribution < -0.4 is 11.1 Å². The molecule has 0 aliphatic rings. The summed E-state index contributed by atoms with van der Waals surface area (Å²) in [5.41, 5.74) is 5.32. The SMILES string of the molecule is CC(C)NCc1cc(F)c(-n2cc(C(N)=O)cn2)c(F)c1. The summed E-state index contributed by atoms with van der Waals surface area (Å²) in [6.45, 7) is 4.24. The first-order valence-corrected chi connectivity index (χ1v) is 6.44. The van der Waals surface area contributed by atoms with Crippen molar-refractivity contribution in [1.29, 1.82) is 0 Å². The van der Waals surface area contributed by atoms with Gasteiger partial charge < -0.3 is 11.1 Å². The fraction of sp³-hybridized carbons (Fsp3) is 0.286. The monoisotopic (exact) mass is 294 g/mol. The molecule has 112 valence electrons. The lowest BCUT2D eigenvalue weighted by Crippen LogP contribution is -2.22. The maximum Gasteiger partial charge on any atom is 0.251 e. The summed E-state index contributed by atoms with van der Waals surface area (Å²) >= 11 is 0. The molecule has 0 spiro atoms. The molecule has 0 fully saturated rings. The van der Waals surface area contributed by atoms with E-state index < -0.39 is 17.5 Å². The number of nitrogens with two attached hydrogens (primary N) is 1. The molecular formula is C14H16F2N4O. The zero-order valence-electron chi connectivity index (χ0n) is 11.7. The lowest BCUT2D eigenvalue weighted by Gasteiger charge is -2.11. The number of hydrogen-bond donors (Lipinski definition) is 2. The molecule has 1 heterocycles. The molecule has 2 rings (SSSR count). The van der Waals surface area contributed by atoms with Crippen molar-refractivity contribution in [2.45, 2.75) is 26.4 Å². The zero-order valence-corrected chi connectivity index (χ0v) is 11.7. The van der Waals surface area contributed by atoms with Crippen LogP contribution in [0.4, 0.5) is 8.78 Å². The Morgan fingerprint density at radius 2 is 2.00 bits per heavy atom. The maximum absolute atomic E-state index is 14.1. The van der Waals surface area contributed by atoms with E-state index in [1.165, 1.54) is 18.3 Å². The number of rotatable bonds is 5. The van der Waals surface area contributed by atoms with Crippen molar-refractivity contribution in [2.75, 3.05) is 0 Å². The molecule has 0 aliphatic carbocycles. The van der Waals surface area contributed by atoms with E-state index in [2.05, 4.69) is 10.4 Å². The summed E-state index contributed by atoms with van der Waals surface area (Å²) in [5, 5.41) is 6.83. The van der Waals surface area contributed by atoms with E-state index in [0.717, 1.165) is 10.9 Å². The summed E-state index contributed by atoms with van der Waals surface area (Å²) in [6.07, 6.45) is 2.35. The normalized spacial score (nSPS) is 11.1. The van der Waals surface area contributed by atoms with Gasteiger partial charge >= 0.3 is 0 Å². The number of amides is 1. The summed E-state index contributed by atoms with van der Waals surface area (Å²) in [7, 11) is 0. The number of carbonyl (C=O) groups is 1. The van der Waals surface area contributed by atoms with Gasteiger partial charge in [-0.2, -0.15) is 5.10 Å². The summed E-state index contributed by atoms with van der Waals surface area (Å²) in [5.74, 6) is -2.22. The predicted octanol–water partition coefficient (Wildman–Crippen LogP) is 1.75. The second-order valence-electron chi connectivity index (χ2n) is 4.98. The number of hydrogen-bond acceptors (Lipinski definition) is 3. The van der Waals surface area contributed by atoms with Crippen LogP contribution in [0.2, 0.25) is 0 Å². The Labute approximate surface area is 120 Å². The molecule has 0 radical (unpaired) electrons. The molecule has 0 saturated heterocycles. The molecule has 1 aromatic heterocycles. The molecule has 0 atom stereocenters. The molecule has 5 nitrogen and oxygen atoms in total. The highest BCUT2D eigenvalue weighted by Crippen LogP contribution is 2.20. The van der Waals surface area contributed by atoms with Crippen molar-refractivity contribution >= 4 is 5.91 Å². The van der Waals surface area contributed by atoms with Gasteiger partial charge in [0.05, 0.1) is 11.8 Å². The van der Waals surface area contributed by atoms with Gasteiger partial charge in [0.1, 0.15) is 5.69 Å². The van der Waals surface area contributed by atoms with Crippen molar-refractivity contribution in [3.63, 3.8) is 0 Å². The highest BCUT2D eigenvalue weighted by molar-refractivity contribution is 5.92. The van der Waals surface area contributed by atoms with E-state index in [1.807, 2.05) is 13.8 Å². The third-order valence-corrected chi connectivity index (χ3v) is 2.89. The van der Waals surface area contributed by atoms with Gasteiger partial charge in [0.2, 0.25) is 0 Å². The fourth-order valence-corrected chi connectivity index (χ4v) is 1.83. The quantitative estimate of drug-likeness (QED) is 0.882. The Bertz CT molecular complexity index is 644. The van der Waals surface area contributed by atoms with Crippen LogP contribution in [0.25, 0.3) is 5.69 Å². The van der Waals surface area contributed by atoms with Gasteiger partial charge in [0.15, 0.2) is 11.6 Å². The van der Waals surface area contributed by atoms with E-state index in [9.17, 15) is 13.6 Å². The van der Waals surface area contributed by atoms with Gasteiger partial charge in [-0.1, -0.05) is 13.8 Å². The maximum atomic E-state index is 14.1. The molecule has 21 heavy (non-hydrogen) atoms. The summed E-state index contributed by atoms with van der Waals surface area (Å²) in [4.78, 5) is 11.0. The average molecular weight is 294 g/mol. The minimum atomic E-state index is -0.755. The zero-order chi connectivity index (χ0) is 15.6. The third kappa shape index (κ3) is 3.43. The Morgan fingerprint density at radius 3 is 2.48 bits per heavy atom. The standard InChI is InChI=1S/C14H16F2N4O/c1-8(2)18-5-9-3-11(15)13(12(16)4-9)20-7-10(6-19-20)14(17)21/h3-4,6-8,18H,5H2,1-2H3,(H2,17,21). The van der Waals surface area contributed by atoms with Gasteiger partial charge in [0.25, 0.3) is 5.91 Å². The largest absolute Gasteiger partial charge is 0.366 e. The summed E-state index contributed by atoms with van der Waals surface area (Å²) < 4.78 is 29.1. The molecule has 0 unspecified atom stereocenters. The van der Waals surface area contributed by atoms with Crippen molar-refractivity contribution < 1.29 is 13.6 Å². The number of nitrogens with one attached hydrogen (secondary N) is 1. The van der Waals surface area contributed by atoms with Crippen molar-refractivity contribution in [3.8, 4) is 5.69 Å². The highest BCUT2D eigenvalue weighted by Gasteiger charge is 2.15. The van der Waals surface area contributed by atoms with Crippen LogP contribution in [0.1, 0.15) is 29.8 Å². The van der Waals surface area contributed by atoms with E-state index in [0.29, 0.717) is 12.1 Å². The lowest BCUT2D eigenvalue weighted by molar-refractivity contribution is 0.100. The Balaban J connectivity index is 2.33. The smallest absolute Gasteiger partial charge is 0.251 e. The predicted molar refractivity (Wildman–Crippen MR) is 74.0 cm³/mol. The number of primary amides is 1. The molecule has 0 aliphatic heterocycles. The molecule has 0 saturated carbocycles. The molecule has 7 heteroatoms. The van der Waals surface area contributed by atoms with Crippen LogP contribution in [0.15, 0.2) is 24.5 Å². The van der Waals surface area contributed by atoms with Gasteiger partial charge in [-0.05, 0) is 17.7 Å². The van der Waals surface area contributed by atoms with Gasteiger partial charge in [0, 0.05) is 18.8 Å². The van der Waals surface area contributed by atoms with Crippen LogP contribution in [0.5, 0.6) is 0 Å². The number of aromatic nitrogens is 2. The van der Waals surface area contributed by atoms with Crippen LogP contribution in [-0.4, -0.2) is 21.7 Å². The molecule has 0 bridgehead atoms. The van der Waals surface area contributed by atoms with Crippen molar-refractivity contribution in [2.24, 2.45) is 5.73 Å². The van der Waals surface area contributed by atoms with Gasteiger partial charge in [-0.3, -0.25) is 4.79 Å². The fourth-order valence-electron chi connectivity index (χ4n) is 1.83. The summed E-state index contributed by atoms with van der Waals surface area (Å²) in [6, 6.07) is 2.68. The van der Waals surface area contributed by atoms with E-state index >= 15 is 0 Å². The molecule has 3 N–H and O–H groups in total. The minimum absolute atomic E-state index is 0.0827. The first-order chi connectivity index (χ1) is 9.88. The Kier molecular flexibility index (Phi) is 4.32. The van der Waals surface area contributed by atoms with Gasteiger partial charge in [-0.25, -0.2) is 13.5 Å². The van der Waals surface area contributed by atoms with E-state index in [4.69, 9.17) is 5.73 Å². The second kappa shape index (κ2) is 6.01. The lowest BCUT2D eigenvalue weighted by atomic mass is 10.1. The molecule has 1 amide bonds. The molecule has 2 aromatic rings. The Hall–Kier alpha value is -2.28. The minimum Gasteiger partial charge on any atom is -0.366 e. The number of benzene rings is 1. The van der Waals surface area contributed by atoms with E-state index in [-0.39, 0.29) is 17.3 Å². The van der Waals surface area contributed by atoms with Crippen LogP contribution in [-0.2, 0) is 6.54 Å². The van der Waals surface area contributed by atoms with Gasteiger partial charge in [-0.15, -0.1) is 0 Å². The first kappa shape index (κ1) is 15.1. The van der Waals surface area contributed by atoms with Crippen LogP contribution >= 0.6 is 0 Å². The van der Waals surface area contributed by atoms with Crippen molar-refractivity contribution in [3.05, 3.63) is 47.3 Å². The van der Waals surface area contributed by atoms with Crippen LogP contribution in [0, 0.1) is 11.6 Å². The average Bonchev–Trinajstić information content (AvgIpc) is 2.85. The highest BCUT2D eigenvalue weighted by atomic mass is 19.1. The molecule has 1 aromatic carbocycles. The number of carbonyl (C=O) groups excluding carboxylic acids is 1. The number of halogens is 2. The Morgan fingerprint density at radius 1 is 1.38 bits per heavy atom. The van der Waals surface area contributed by atoms with E-state index in [1.54, 1.807) is 0 Å². The van der Waals surface area contributed by atoms with Crippen LogP contribution in [0.3, 0.4) is 0 Å². The third-order valence-electron chi connectivity index (χ3n) is 2.89. The van der Waals surface area contributed by atoms with Crippen molar-refractivity contribution in [1.82, 2.24) is 15.1 Å². The second-order valence-corrected chi connectivity index (χ2v) is 4.98. The first-order valence-electron chi connectivity index (χ1n) is 6.44. The number of nitrogens with zero attached hydrogens (tertiary/aromatic N) is 2. The topological polar surface area (TPSA) is 72.9 Å². The molecular weight excluding hydrogens is 278 g/mol.